The van der Waals surface area contributed by atoms with Crippen molar-refractivity contribution in [2.45, 2.75) is 13.3 Å². The summed E-state index contributed by atoms with van der Waals surface area (Å²) >= 11 is 8.41. The van der Waals surface area contributed by atoms with Crippen LogP contribution >= 0.6 is 43.2 Å². The smallest absolute Gasteiger partial charge is 0.146 e. The Bertz CT molecular complexity index is 322. The Balaban J connectivity index is 2.96. The Labute approximate surface area is 98.1 Å². The molecule has 0 saturated heterocycles. The largest absolute Gasteiger partial charge is 0.298 e. The van der Waals surface area contributed by atoms with E-state index < -0.39 is 0 Å². The molecule has 1 aromatic heterocycles. The molecule has 0 N–H and O–H groups in total. The molecule has 0 atom stereocenters. The van der Waals surface area contributed by atoms with Gasteiger partial charge >= 0.3 is 0 Å². The summed E-state index contributed by atoms with van der Waals surface area (Å²) in [6.07, 6.45) is 3.59. The van der Waals surface area contributed by atoms with Crippen LogP contribution in [0.25, 0.3) is 6.08 Å². The molecule has 1 heterocycles. The van der Waals surface area contributed by atoms with Gasteiger partial charge in [-0.05, 0) is 56.0 Å². The summed E-state index contributed by atoms with van der Waals surface area (Å²) in [6.45, 7) is 1.97. The molecule has 0 aliphatic rings. The van der Waals surface area contributed by atoms with E-state index in [2.05, 4.69) is 31.9 Å². The van der Waals surface area contributed by atoms with Crippen molar-refractivity contribution < 1.29 is 4.79 Å². The predicted octanol–water partition coefficient (Wildman–Crippen LogP) is 4.27. The fourth-order valence-corrected chi connectivity index (χ4v) is 2.90. The molecule has 0 fully saturated rings. The Hall–Kier alpha value is 0.0700. The van der Waals surface area contributed by atoms with Gasteiger partial charge in [0.2, 0.25) is 0 Å². The lowest BCUT2D eigenvalue weighted by Gasteiger charge is -1.89. The van der Waals surface area contributed by atoms with Crippen LogP contribution in [0, 0.1) is 0 Å². The highest BCUT2D eigenvalue weighted by molar-refractivity contribution is 9.13. The average Bonchev–Trinajstić information content (AvgIpc) is 2.42. The lowest BCUT2D eigenvalue weighted by molar-refractivity contribution is -0.104. The van der Waals surface area contributed by atoms with E-state index >= 15 is 0 Å². The Morgan fingerprint density at radius 1 is 1.62 bits per heavy atom. The third-order valence-corrected chi connectivity index (χ3v) is 4.75. The zero-order valence-electron chi connectivity index (χ0n) is 7.01. The molecule has 0 unspecified atom stereocenters. The fourth-order valence-electron chi connectivity index (χ4n) is 0.837. The van der Waals surface area contributed by atoms with Crippen LogP contribution in [0.3, 0.4) is 0 Å². The number of allylic oxidation sites excluding steroid dienone is 1. The predicted molar refractivity (Wildman–Crippen MR) is 64.1 cm³/mol. The third kappa shape index (κ3) is 3.04. The molecule has 0 aliphatic carbocycles. The number of carbonyl (C=O) groups is 1. The van der Waals surface area contributed by atoms with Gasteiger partial charge in [-0.25, -0.2) is 0 Å². The first-order valence-electron chi connectivity index (χ1n) is 3.78. The van der Waals surface area contributed by atoms with Gasteiger partial charge in [-0.1, -0.05) is 6.92 Å². The van der Waals surface area contributed by atoms with Crippen molar-refractivity contribution in [2.24, 2.45) is 0 Å². The van der Waals surface area contributed by atoms with Gasteiger partial charge in [0.15, 0.2) is 0 Å². The minimum Gasteiger partial charge on any atom is -0.298 e. The van der Waals surface area contributed by atoms with E-state index in [4.69, 9.17) is 0 Å². The minimum absolute atomic E-state index is 0.774. The monoisotopic (exact) mass is 322 g/mol. The molecule has 1 rings (SSSR count). The van der Waals surface area contributed by atoms with E-state index in [1.807, 2.05) is 19.1 Å². The van der Waals surface area contributed by atoms with Crippen LogP contribution in [0.4, 0.5) is 0 Å². The number of aldehydes is 1. The van der Waals surface area contributed by atoms with E-state index in [1.165, 1.54) is 0 Å². The van der Waals surface area contributed by atoms with Crippen LogP contribution < -0.4 is 0 Å². The maximum Gasteiger partial charge on any atom is 0.146 e. The summed E-state index contributed by atoms with van der Waals surface area (Å²) in [5.41, 5.74) is 0.821. The van der Waals surface area contributed by atoms with Gasteiger partial charge in [0.05, 0.1) is 3.79 Å². The molecule has 0 spiro atoms. The number of carbonyl (C=O) groups excluding carboxylic acids is 1. The summed E-state index contributed by atoms with van der Waals surface area (Å²) in [7, 11) is 0. The van der Waals surface area contributed by atoms with Crippen LogP contribution in [0.15, 0.2) is 19.9 Å². The molecular formula is C9H8Br2OS. The molecule has 0 bridgehead atoms. The molecule has 0 aromatic carbocycles. The molecule has 0 aliphatic heterocycles. The second kappa shape index (κ2) is 5.08. The molecule has 0 amide bonds. The lowest BCUT2D eigenvalue weighted by Crippen LogP contribution is -1.79. The van der Waals surface area contributed by atoms with E-state index in [0.29, 0.717) is 0 Å². The second-order valence-electron chi connectivity index (χ2n) is 2.46. The molecule has 0 saturated carbocycles. The van der Waals surface area contributed by atoms with E-state index in [-0.39, 0.29) is 0 Å². The van der Waals surface area contributed by atoms with Gasteiger partial charge in [-0.3, -0.25) is 4.79 Å². The normalized spacial score (nSPS) is 11.8. The van der Waals surface area contributed by atoms with Crippen LogP contribution in [0.5, 0.6) is 0 Å². The number of halogens is 2. The van der Waals surface area contributed by atoms with Gasteiger partial charge in [-0.2, -0.15) is 0 Å². The summed E-state index contributed by atoms with van der Waals surface area (Å²) in [4.78, 5) is 11.6. The van der Waals surface area contributed by atoms with E-state index in [0.717, 1.165) is 31.4 Å². The molecule has 1 nitrogen and oxygen atoms in total. The summed E-state index contributed by atoms with van der Waals surface area (Å²) < 4.78 is 2.09. The van der Waals surface area contributed by atoms with Crippen molar-refractivity contribution in [2.75, 3.05) is 0 Å². The van der Waals surface area contributed by atoms with Crippen molar-refractivity contribution >= 4 is 55.6 Å². The molecule has 4 heteroatoms. The van der Waals surface area contributed by atoms with Gasteiger partial charge in [-0.15, -0.1) is 11.3 Å². The van der Waals surface area contributed by atoms with Crippen molar-refractivity contribution in [3.05, 3.63) is 24.8 Å². The number of thiophene rings is 1. The topological polar surface area (TPSA) is 17.1 Å². The first-order valence-corrected chi connectivity index (χ1v) is 6.18. The Kier molecular flexibility index (Phi) is 4.35. The van der Waals surface area contributed by atoms with Crippen LogP contribution in [0.2, 0.25) is 0 Å². The zero-order valence-corrected chi connectivity index (χ0v) is 11.0. The van der Waals surface area contributed by atoms with Crippen molar-refractivity contribution in [3.63, 3.8) is 0 Å². The van der Waals surface area contributed by atoms with E-state index in [9.17, 15) is 4.79 Å². The van der Waals surface area contributed by atoms with Gasteiger partial charge < -0.3 is 0 Å². The molecule has 1 aromatic rings. The average molecular weight is 324 g/mol. The number of hydrogen-bond acceptors (Lipinski definition) is 2. The van der Waals surface area contributed by atoms with E-state index in [1.54, 1.807) is 11.3 Å². The van der Waals surface area contributed by atoms with Crippen molar-refractivity contribution in [1.82, 2.24) is 0 Å². The molecule has 0 radical (unpaired) electrons. The highest BCUT2D eigenvalue weighted by Gasteiger charge is 2.02. The zero-order chi connectivity index (χ0) is 9.84. The van der Waals surface area contributed by atoms with Crippen LogP contribution in [0.1, 0.15) is 18.2 Å². The van der Waals surface area contributed by atoms with Gasteiger partial charge in [0.25, 0.3) is 0 Å². The van der Waals surface area contributed by atoms with Crippen molar-refractivity contribution in [3.8, 4) is 0 Å². The maximum absolute atomic E-state index is 10.5. The quantitative estimate of drug-likeness (QED) is 0.600. The molecule has 13 heavy (non-hydrogen) atoms. The highest BCUT2D eigenvalue weighted by Crippen LogP contribution is 2.33. The highest BCUT2D eigenvalue weighted by atomic mass is 79.9. The maximum atomic E-state index is 10.5. The summed E-state index contributed by atoms with van der Waals surface area (Å²) in [5, 5.41) is 0. The van der Waals surface area contributed by atoms with Crippen molar-refractivity contribution in [1.29, 1.82) is 0 Å². The Morgan fingerprint density at radius 2 is 2.31 bits per heavy atom. The standard InChI is InChI=1S/C9H8Br2OS/c1-2-6(5-12)3-7-4-8(10)9(11)13-7/h3-5H,2H2,1H3. The molecule has 70 valence electrons. The number of hydrogen-bond donors (Lipinski definition) is 0. The molecular weight excluding hydrogens is 316 g/mol. The van der Waals surface area contributed by atoms with Gasteiger partial charge in [0.1, 0.15) is 6.29 Å². The first kappa shape index (κ1) is 11.1. The lowest BCUT2D eigenvalue weighted by atomic mass is 10.2. The first-order chi connectivity index (χ1) is 6.17. The summed E-state index contributed by atoms with van der Waals surface area (Å²) in [6, 6.07) is 1.99. The SMILES string of the molecule is CCC(C=O)=Cc1cc(Br)c(Br)s1. The van der Waals surface area contributed by atoms with Crippen LogP contribution in [-0.4, -0.2) is 6.29 Å². The fraction of sp³-hybridized carbons (Fsp3) is 0.222. The second-order valence-corrected chi connectivity index (χ2v) is 5.72. The Morgan fingerprint density at radius 3 is 2.69 bits per heavy atom. The van der Waals surface area contributed by atoms with Crippen LogP contribution in [-0.2, 0) is 4.79 Å². The minimum atomic E-state index is 0.774. The number of rotatable bonds is 3. The van der Waals surface area contributed by atoms with Gasteiger partial charge in [0, 0.05) is 9.35 Å². The third-order valence-electron chi connectivity index (χ3n) is 1.55. The summed E-state index contributed by atoms with van der Waals surface area (Å²) in [5.74, 6) is 0.